The van der Waals surface area contributed by atoms with Gasteiger partial charge in [0.05, 0.1) is 23.4 Å². The molecular weight excluding hydrogens is 568 g/mol. The van der Waals surface area contributed by atoms with Crippen molar-refractivity contribution in [1.29, 1.82) is 0 Å². The molecule has 0 aliphatic heterocycles. The van der Waals surface area contributed by atoms with E-state index >= 15 is 0 Å². The molecule has 0 fully saturated rings. The summed E-state index contributed by atoms with van der Waals surface area (Å²) >= 11 is 0. The van der Waals surface area contributed by atoms with Gasteiger partial charge in [-0.2, -0.15) is 0 Å². The predicted octanol–water partition coefficient (Wildman–Crippen LogP) is 5.26. The fraction of sp³-hybridized carbons (Fsp3) is 0.812. The van der Waals surface area contributed by atoms with E-state index in [1.807, 2.05) is 53.7 Å². The van der Waals surface area contributed by atoms with Gasteiger partial charge in [-0.15, -0.1) is 0 Å². The molecule has 0 saturated carbocycles. The van der Waals surface area contributed by atoms with E-state index < -0.39 is 70.6 Å². The van der Waals surface area contributed by atoms with Crippen LogP contribution in [-0.2, 0) is 19.1 Å². The minimum absolute atomic E-state index is 0.279. The van der Waals surface area contributed by atoms with Crippen LogP contribution in [0.1, 0.15) is 110 Å². The average molecular weight is 629 g/mol. The van der Waals surface area contributed by atoms with E-state index in [0.29, 0.717) is 12.8 Å². The van der Waals surface area contributed by atoms with Gasteiger partial charge in [0.15, 0.2) is 0 Å². The molecule has 12 heteroatoms. The molecule has 0 aliphatic rings. The summed E-state index contributed by atoms with van der Waals surface area (Å²) < 4.78 is 12.0. The Labute approximate surface area is 264 Å². The van der Waals surface area contributed by atoms with Gasteiger partial charge in [0.1, 0.15) is 12.1 Å². The number of ether oxygens (including phenoxy) is 2. The van der Waals surface area contributed by atoms with Crippen molar-refractivity contribution in [2.75, 3.05) is 13.1 Å². The van der Waals surface area contributed by atoms with E-state index in [1.165, 1.54) is 0 Å². The fourth-order valence-electron chi connectivity index (χ4n) is 4.97. The number of rotatable bonds is 14. The Morgan fingerprint density at radius 1 is 0.614 bits per heavy atom. The Morgan fingerprint density at radius 2 is 0.886 bits per heavy atom. The molecule has 12 nitrogen and oxygen atoms in total. The van der Waals surface area contributed by atoms with Gasteiger partial charge in [-0.3, -0.25) is 19.4 Å². The van der Waals surface area contributed by atoms with Crippen LogP contribution < -0.4 is 10.6 Å². The molecule has 0 aliphatic carbocycles. The number of nitrogens with one attached hydrogen (secondary N) is 2. The Kier molecular flexibility index (Phi) is 15.4. The third-order valence-corrected chi connectivity index (χ3v) is 6.31. The van der Waals surface area contributed by atoms with Crippen molar-refractivity contribution in [3.05, 3.63) is 12.2 Å². The summed E-state index contributed by atoms with van der Waals surface area (Å²) in [7, 11) is 0. The largest absolute Gasteiger partial charge is 0.465 e. The molecule has 256 valence electrons. The summed E-state index contributed by atoms with van der Waals surface area (Å²) in [6, 6.07) is -2.11. The minimum atomic E-state index is -1.21. The summed E-state index contributed by atoms with van der Waals surface area (Å²) in [4.78, 5) is 53.0. The Bertz CT molecular complexity index is 908. The van der Waals surface area contributed by atoms with Crippen LogP contribution in [-0.4, -0.2) is 104 Å². The molecule has 0 rings (SSSR count). The molecule has 0 aromatic carbocycles. The highest BCUT2D eigenvalue weighted by Crippen LogP contribution is 2.25. The van der Waals surface area contributed by atoms with E-state index in [-0.39, 0.29) is 13.1 Å². The molecule has 0 radical (unpaired) electrons. The zero-order chi connectivity index (χ0) is 34.8. The lowest BCUT2D eigenvalue weighted by Gasteiger charge is -2.42. The standard InChI is InChI=1S/C32H60N4O8/c1-21(43-31(9,10)11)23(35(27(39)40)29(3,4)5)25(37)33-19-17-15-16-18-20-34-26(38)24(22(2)44-32(12,13)14)36(28(41)42)30(6,7)8/h15-16,21-24H,17-20H2,1-14H3,(H,33,37)(H,34,38)(H,39,40)(H,41,42)/b16-15+/t21-,22+,23+,24-. The number of carbonyl (C=O) groups is 4. The van der Waals surface area contributed by atoms with Crippen molar-refractivity contribution in [2.24, 2.45) is 0 Å². The van der Waals surface area contributed by atoms with Gasteiger partial charge >= 0.3 is 12.2 Å². The quantitative estimate of drug-likeness (QED) is 0.150. The highest BCUT2D eigenvalue weighted by molar-refractivity contribution is 5.87. The molecule has 0 aromatic heterocycles. The molecule has 0 spiro atoms. The minimum Gasteiger partial charge on any atom is -0.465 e. The molecule has 0 saturated heterocycles. The first-order valence-corrected chi connectivity index (χ1v) is 15.3. The second-order valence-corrected chi connectivity index (χ2v) is 15.0. The highest BCUT2D eigenvalue weighted by atomic mass is 16.5. The van der Waals surface area contributed by atoms with Crippen LogP contribution in [0.4, 0.5) is 9.59 Å². The van der Waals surface area contributed by atoms with Crippen molar-refractivity contribution in [1.82, 2.24) is 20.4 Å². The number of amides is 4. The van der Waals surface area contributed by atoms with E-state index in [2.05, 4.69) is 10.6 Å². The number of carboxylic acid groups (broad SMARTS) is 2. The molecule has 4 amide bonds. The van der Waals surface area contributed by atoms with Crippen molar-refractivity contribution in [3.63, 3.8) is 0 Å². The second kappa shape index (κ2) is 16.5. The van der Waals surface area contributed by atoms with E-state index in [4.69, 9.17) is 9.47 Å². The predicted molar refractivity (Wildman–Crippen MR) is 172 cm³/mol. The third-order valence-electron chi connectivity index (χ3n) is 6.31. The smallest absolute Gasteiger partial charge is 0.408 e. The normalized spacial score (nSPS) is 15.7. The number of hydrogen-bond acceptors (Lipinski definition) is 6. The van der Waals surface area contributed by atoms with Crippen molar-refractivity contribution < 1.29 is 38.9 Å². The van der Waals surface area contributed by atoms with E-state index in [1.54, 1.807) is 55.4 Å². The maximum absolute atomic E-state index is 13.2. The van der Waals surface area contributed by atoms with Crippen LogP contribution in [0.2, 0.25) is 0 Å². The van der Waals surface area contributed by atoms with Gasteiger partial charge in [-0.1, -0.05) is 12.2 Å². The van der Waals surface area contributed by atoms with Gasteiger partial charge in [-0.05, 0) is 110 Å². The van der Waals surface area contributed by atoms with Crippen LogP contribution >= 0.6 is 0 Å². The van der Waals surface area contributed by atoms with Crippen LogP contribution in [0, 0.1) is 0 Å². The molecule has 0 bridgehead atoms. The van der Waals surface area contributed by atoms with Crippen molar-refractivity contribution in [2.45, 2.75) is 156 Å². The lowest BCUT2D eigenvalue weighted by Crippen LogP contribution is -2.61. The maximum Gasteiger partial charge on any atom is 0.408 e. The van der Waals surface area contributed by atoms with Crippen LogP contribution in [0.5, 0.6) is 0 Å². The molecule has 44 heavy (non-hydrogen) atoms. The first-order chi connectivity index (χ1) is 19.7. The summed E-state index contributed by atoms with van der Waals surface area (Å²) in [5.41, 5.74) is -2.82. The topological polar surface area (TPSA) is 158 Å². The molecule has 0 aromatic rings. The van der Waals surface area contributed by atoms with Gasteiger partial charge in [0.2, 0.25) is 11.8 Å². The summed E-state index contributed by atoms with van der Waals surface area (Å²) in [5, 5.41) is 25.5. The van der Waals surface area contributed by atoms with Gasteiger partial charge in [-0.25, -0.2) is 9.59 Å². The SMILES string of the molecule is C[C@H](OC(C)(C)C)[C@H](C(=O)NCC/C=C/CCNC(=O)[C@H]([C@@H](C)OC(C)(C)C)N(C(=O)O)C(C)(C)C)N(C(=O)O)C(C)(C)C. The van der Waals surface area contributed by atoms with Crippen LogP contribution in [0.25, 0.3) is 0 Å². The molecule has 0 unspecified atom stereocenters. The second-order valence-electron chi connectivity index (χ2n) is 15.0. The van der Waals surface area contributed by atoms with Gasteiger partial charge < -0.3 is 30.3 Å². The van der Waals surface area contributed by atoms with Gasteiger partial charge in [0, 0.05) is 24.2 Å². The van der Waals surface area contributed by atoms with Crippen LogP contribution in [0.3, 0.4) is 0 Å². The zero-order valence-electron chi connectivity index (χ0n) is 29.5. The van der Waals surface area contributed by atoms with Crippen molar-refractivity contribution in [3.8, 4) is 0 Å². The lowest BCUT2D eigenvalue weighted by atomic mass is 9.99. The van der Waals surface area contributed by atoms with Crippen LogP contribution in [0.15, 0.2) is 12.2 Å². The molecular formula is C32H60N4O8. The lowest BCUT2D eigenvalue weighted by molar-refractivity contribution is -0.142. The molecule has 4 N–H and O–H groups in total. The Morgan fingerprint density at radius 3 is 1.09 bits per heavy atom. The van der Waals surface area contributed by atoms with Gasteiger partial charge in [0.25, 0.3) is 0 Å². The fourth-order valence-corrected chi connectivity index (χ4v) is 4.97. The Hall–Kier alpha value is -2.86. The van der Waals surface area contributed by atoms with E-state index in [0.717, 1.165) is 9.80 Å². The number of nitrogens with zero attached hydrogens (tertiary/aromatic N) is 2. The number of carbonyl (C=O) groups excluding carboxylic acids is 2. The average Bonchev–Trinajstić information content (AvgIpc) is 2.77. The molecule has 0 heterocycles. The van der Waals surface area contributed by atoms with E-state index in [9.17, 15) is 29.4 Å². The molecule has 4 atom stereocenters. The highest BCUT2D eigenvalue weighted by Gasteiger charge is 2.43. The summed E-state index contributed by atoms with van der Waals surface area (Å²) in [6.07, 6.45) is 0.881. The number of hydrogen-bond donors (Lipinski definition) is 4. The summed E-state index contributed by atoms with van der Waals surface area (Å²) in [5.74, 6) is -0.890. The summed E-state index contributed by atoms with van der Waals surface area (Å²) in [6.45, 7) is 25.4. The third kappa shape index (κ3) is 14.7. The monoisotopic (exact) mass is 628 g/mol. The first kappa shape index (κ1) is 41.1. The zero-order valence-corrected chi connectivity index (χ0v) is 29.5. The Balaban J connectivity index is 5.31. The maximum atomic E-state index is 13.2. The van der Waals surface area contributed by atoms with Crippen molar-refractivity contribution >= 4 is 24.0 Å². The first-order valence-electron chi connectivity index (χ1n) is 15.3.